The number of fused-ring (bicyclic) bond motifs is 1. The number of nitrogens with zero attached hydrogens (tertiary/aromatic N) is 4. The zero-order chi connectivity index (χ0) is 21.4. The van der Waals surface area contributed by atoms with E-state index < -0.39 is 6.04 Å². The molecule has 1 atom stereocenters. The van der Waals surface area contributed by atoms with Crippen molar-refractivity contribution in [3.05, 3.63) is 70.7 Å². The maximum Gasteiger partial charge on any atom is 0.338 e. The van der Waals surface area contributed by atoms with Gasteiger partial charge in [0.25, 0.3) is 0 Å². The van der Waals surface area contributed by atoms with Crippen LogP contribution in [-0.2, 0) is 9.53 Å². The van der Waals surface area contributed by atoms with Gasteiger partial charge in [-0.15, -0.1) is 5.10 Å². The highest BCUT2D eigenvalue weighted by molar-refractivity contribution is 5.92. The Kier molecular flexibility index (Phi) is 5.11. The van der Waals surface area contributed by atoms with Crippen molar-refractivity contribution in [2.45, 2.75) is 46.8 Å². The molecule has 3 heterocycles. The molecule has 0 fully saturated rings. The second kappa shape index (κ2) is 7.74. The Morgan fingerprint density at radius 3 is 2.67 bits per heavy atom. The maximum atomic E-state index is 13.1. The topological polar surface area (TPSA) is 81.9 Å². The molecule has 30 heavy (non-hydrogen) atoms. The highest BCUT2D eigenvalue weighted by Crippen LogP contribution is 2.38. The molecule has 7 heteroatoms. The van der Waals surface area contributed by atoms with Crippen molar-refractivity contribution in [2.75, 3.05) is 5.32 Å². The predicted octanol–water partition coefficient (Wildman–Crippen LogP) is 4.20. The molecule has 154 valence electrons. The van der Waals surface area contributed by atoms with Crippen LogP contribution in [0.15, 0.2) is 54.0 Å². The minimum atomic E-state index is -0.439. The van der Waals surface area contributed by atoms with Gasteiger partial charge in [0.15, 0.2) is 5.82 Å². The fourth-order valence-corrected chi connectivity index (χ4v) is 3.73. The van der Waals surface area contributed by atoms with Gasteiger partial charge in [0.2, 0.25) is 5.95 Å². The number of aromatic nitrogens is 4. The van der Waals surface area contributed by atoms with Gasteiger partial charge in [-0.05, 0) is 57.9 Å². The molecule has 4 rings (SSSR count). The van der Waals surface area contributed by atoms with Crippen molar-refractivity contribution in [3.8, 4) is 11.4 Å². The van der Waals surface area contributed by atoms with E-state index in [1.54, 1.807) is 17.1 Å². The Labute approximate surface area is 175 Å². The molecule has 0 radical (unpaired) electrons. The van der Waals surface area contributed by atoms with Crippen LogP contribution in [0.2, 0.25) is 0 Å². The summed E-state index contributed by atoms with van der Waals surface area (Å²) in [6.45, 7) is 9.66. The molecule has 0 aliphatic carbocycles. The number of ether oxygens (including phenoxy) is 1. The minimum absolute atomic E-state index is 0.222. The van der Waals surface area contributed by atoms with Gasteiger partial charge in [0, 0.05) is 23.7 Å². The molecule has 1 N–H and O–H groups in total. The van der Waals surface area contributed by atoms with Gasteiger partial charge in [0.1, 0.15) is 6.04 Å². The fraction of sp³-hybridized carbons (Fsp3) is 0.304. The summed E-state index contributed by atoms with van der Waals surface area (Å²) in [5.41, 5.74) is 5.28. The third kappa shape index (κ3) is 3.58. The lowest BCUT2D eigenvalue weighted by Crippen LogP contribution is -2.31. The number of rotatable bonds is 4. The van der Waals surface area contributed by atoms with E-state index in [-0.39, 0.29) is 12.1 Å². The van der Waals surface area contributed by atoms with Gasteiger partial charge in [-0.3, -0.25) is 4.98 Å². The van der Waals surface area contributed by atoms with Gasteiger partial charge >= 0.3 is 5.97 Å². The second-order valence-electron chi connectivity index (χ2n) is 7.83. The van der Waals surface area contributed by atoms with Gasteiger partial charge in [-0.1, -0.05) is 23.8 Å². The highest BCUT2D eigenvalue weighted by Gasteiger charge is 2.36. The number of nitrogens with one attached hydrogen (secondary N) is 1. The van der Waals surface area contributed by atoms with Crippen LogP contribution in [0.3, 0.4) is 0 Å². The number of esters is 1. The van der Waals surface area contributed by atoms with E-state index in [9.17, 15) is 4.79 Å². The van der Waals surface area contributed by atoms with Crippen LogP contribution in [0, 0.1) is 13.8 Å². The second-order valence-corrected chi connectivity index (χ2v) is 7.83. The molecule has 1 aliphatic rings. The first-order valence-corrected chi connectivity index (χ1v) is 9.98. The van der Waals surface area contributed by atoms with E-state index in [4.69, 9.17) is 9.84 Å². The molecule has 0 saturated heterocycles. The number of carbonyl (C=O) groups excluding carboxylic acids is 1. The Bertz CT molecular complexity index is 1130. The monoisotopic (exact) mass is 403 g/mol. The lowest BCUT2D eigenvalue weighted by molar-refractivity contribution is -0.143. The number of benzene rings is 1. The Hall–Kier alpha value is -3.48. The van der Waals surface area contributed by atoms with Gasteiger partial charge in [-0.25, -0.2) is 9.48 Å². The molecule has 0 spiro atoms. The highest BCUT2D eigenvalue weighted by atomic mass is 16.5. The van der Waals surface area contributed by atoms with E-state index in [0.717, 1.165) is 22.3 Å². The minimum Gasteiger partial charge on any atom is -0.459 e. The lowest BCUT2D eigenvalue weighted by Gasteiger charge is -2.29. The van der Waals surface area contributed by atoms with Crippen molar-refractivity contribution < 1.29 is 9.53 Å². The third-order valence-corrected chi connectivity index (χ3v) is 5.05. The molecule has 3 aromatic rings. The molecule has 0 unspecified atom stereocenters. The molecule has 2 aromatic heterocycles. The van der Waals surface area contributed by atoms with Gasteiger partial charge in [-0.2, -0.15) is 4.98 Å². The average molecular weight is 403 g/mol. The zero-order valence-corrected chi connectivity index (χ0v) is 17.8. The molecule has 0 amide bonds. The van der Waals surface area contributed by atoms with Crippen LogP contribution in [0.4, 0.5) is 5.95 Å². The molecule has 1 aliphatic heterocycles. The standard InChI is InChI=1S/C23H25N5O2/c1-13(2)30-22(29)19-16(5)25-23-26-21(17-7-6-10-24-12-17)27-28(23)20(19)18-9-8-14(3)11-15(18)4/h6-13,20H,1-5H3,(H,25,26,27)/t20-/m0/s1. The first-order valence-electron chi connectivity index (χ1n) is 9.98. The third-order valence-electron chi connectivity index (χ3n) is 5.05. The Morgan fingerprint density at radius 1 is 1.20 bits per heavy atom. The summed E-state index contributed by atoms with van der Waals surface area (Å²) in [6.07, 6.45) is 3.21. The Balaban J connectivity index is 1.89. The first-order chi connectivity index (χ1) is 14.3. The van der Waals surface area contributed by atoms with Gasteiger partial charge < -0.3 is 10.1 Å². The van der Waals surface area contributed by atoms with Crippen LogP contribution in [-0.4, -0.2) is 31.8 Å². The molecular formula is C23H25N5O2. The normalized spacial score (nSPS) is 15.7. The fourth-order valence-electron chi connectivity index (χ4n) is 3.73. The van der Waals surface area contributed by atoms with E-state index in [1.807, 2.05) is 52.0 Å². The number of hydrogen-bond donors (Lipinski definition) is 1. The van der Waals surface area contributed by atoms with E-state index in [0.29, 0.717) is 23.0 Å². The van der Waals surface area contributed by atoms with E-state index in [2.05, 4.69) is 28.3 Å². The molecule has 7 nitrogen and oxygen atoms in total. The maximum absolute atomic E-state index is 13.1. The van der Waals surface area contributed by atoms with Crippen molar-refractivity contribution in [1.29, 1.82) is 0 Å². The SMILES string of the molecule is CC1=C(C(=O)OC(C)C)[C@H](c2ccc(C)cc2C)n2nc(-c3cccnc3)nc2N1. The van der Waals surface area contributed by atoms with Crippen molar-refractivity contribution in [1.82, 2.24) is 19.7 Å². The quantitative estimate of drug-likeness (QED) is 0.658. The van der Waals surface area contributed by atoms with Crippen LogP contribution < -0.4 is 5.32 Å². The summed E-state index contributed by atoms with van der Waals surface area (Å²) in [7, 11) is 0. The first kappa shape index (κ1) is 19.8. The summed E-state index contributed by atoms with van der Waals surface area (Å²) in [5.74, 6) is 0.771. The summed E-state index contributed by atoms with van der Waals surface area (Å²) < 4.78 is 7.34. The van der Waals surface area contributed by atoms with Crippen LogP contribution >= 0.6 is 0 Å². The average Bonchev–Trinajstić information content (AvgIpc) is 3.11. The van der Waals surface area contributed by atoms with Crippen molar-refractivity contribution >= 4 is 11.9 Å². The summed E-state index contributed by atoms with van der Waals surface area (Å²) >= 11 is 0. The number of aryl methyl sites for hydroxylation is 2. The van der Waals surface area contributed by atoms with E-state index in [1.165, 1.54) is 0 Å². The van der Waals surface area contributed by atoms with E-state index >= 15 is 0 Å². The predicted molar refractivity (Wildman–Crippen MR) is 115 cm³/mol. The number of pyridine rings is 1. The zero-order valence-electron chi connectivity index (χ0n) is 17.8. The molecule has 0 saturated carbocycles. The number of carbonyl (C=O) groups is 1. The number of anilines is 1. The number of allylic oxidation sites excluding steroid dienone is 1. The van der Waals surface area contributed by atoms with Crippen LogP contribution in [0.25, 0.3) is 11.4 Å². The number of hydrogen-bond acceptors (Lipinski definition) is 6. The smallest absolute Gasteiger partial charge is 0.338 e. The van der Waals surface area contributed by atoms with Gasteiger partial charge in [0.05, 0.1) is 11.7 Å². The van der Waals surface area contributed by atoms with Crippen LogP contribution in [0.5, 0.6) is 0 Å². The largest absolute Gasteiger partial charge is 0.459 e. The Morgan fingerprint density at radius 2 is 2.00 bits per heavy atom. The summed E-state index contributed by atoms with van der Waals surface area (Å²) in [6, 6.07) is 9.52. The van der Waals surface area contributed by atoms with Crippen molar-refractivity contribution in [3.63, 3.8) is 0 Å². The molecule has 0 bridgehead atoms. The summed E-state index contributed by atoms with van der Waals surface area (Å²) in [4.78, 5) is 21.9. The van der Waals surface area contributed by atoms with Crippen molar-refractivity contribution in [2.24, 2.45) is 0 Å². The molecular weight excluding hydrogens is 378 g/mol. The molecule has 1 aromatic carbocycles. The summed E-state index contributed by atoms with van der Waals surface area (Å²) in [5, 5.41) is 7.98. The lowest BCUT2D eigenvalue weighted by atomic mass is 9.91. The van der Waals surface area contributed by atoms with Crippen LogP contribution in [0.1, 0.15) is 43.5 Å².